The molecule has 1 heterocycles. The van der Waals surface area contributed by atoms with Crippen LogP contribution in [-0.2, 0) is 0 Å². The molecule has 0 atom stereocenters. The summed E-state index contributed by atoms with van der Waals surface area (Å²) in [5, 5.41) is 16.7. The van der Waals surface area contributed by atoms with Crippen LogP contribution >= 0.6 is 0 Å². The van der Waals surface area contributed by atoms with Gasteiger partial charge in [0.25, 0.3) is 5.91 Å². The Morgan fingerprint density at radius 3 is 2.53 bits per heavy atom. The summed E-state index contributed by atoms with van der Waals surface area (Å²) in [4.78, 5) is 11.7. The summed E-state index contributed by atoms with van der Waals surface area (Å²) >= 11 is 0. The number of aromatic amines is 1. The van der Waals surface area contributed by atoms with Gasteiger partial charge in [-0.25, -0.2) is 13.2 Å². The van der Waals surface area contributed by atoms with E-state index in [4.69, 9.17) is 5.26 Å². The lowest BCUT2D eigenvalue weighted by molar-refractivity contribution is 0.102. The lowest BCUT2D eigenvalue weighted by atomic mass is 10.2. The van der Waals surface area contributed by atoms with Gasteiger partial charge in [-0.2, -0.15) is 10.4 Å². The molecule has 0 unspecified atom stereocenters. The first kappa shape index (κ1) is 12.6. The van der Waals surface area contributed by atoms with Crippen LogP contribution in [0.1, 0.15) is 15.9 Å². The molecule has 0 aliphatic rings. The van der Waals surface area contributed by atoms with Crippen LogP contribution in [0.3, 0.4) is 0 Å². The molecule has 0 radical (unpaired) electrons. The van der Waals surface area contributed by atoms with Gasteiger partial charge < -0.3 is 5.32 Å². The van der Waals surface area contributed by atoms with E-state index in [1.807, 2.05) is 0 Å². The predicted octanol–water partition coefficient (Wildman–Crippen LogP) is 1.95. The number of carbonyl (C=O) groups excluding carboxylic acids is 1. The lowest BCUT2D eigenvalue weighted by Gasteiger charge is -2.04. The molecule has 2 N–H and O–H groups in total. The standard InChI is InChI=1S/C11H5F3N4O/c12-7-1-5(2-8(13)9(7)14)11(19)17-10-6(3-15)4-16-18-10/h1-2,4H,(H2,16,17,18,19). The molecule has 0 aliphatic carbocycles. The number of carbonyl (C=O) groups is 1. The van der Waals surface area contributed by atoms with E-state index in [9.17, 15) is 18.0 Å². The Bertz CT molecular complexity index is 666. The first-order chi connectivity index (χ1) is 9.02. The molecule has 0 aliphatic heterocycles. The van der Waals surface area contributed by atoms with Gasteiger partial charge in [-0.15, -0.1) is 0 Å². The molecule has 19 heavy (non-hydrogen) atoms. The van der Waals surface area contributed by atoms with Gasteiger partial charge in [-0.05, 0) is 12.1 Å². The molecular weight excluding hydrogens is 261 g/mol. The summed E-state index contributed by atoms with van der Waals surface area (Å²) < 4.78 is 38.6. The second-order valence-corrected chi connectivity index (χ2v) is 3.48. The Kier molecular flexibility index (Phi) is 3.20. The number of nitrogens with one attached hydrogen (secondary N) is 2. The molecule has 8 heteroatoms. The minimum Gasteiger partial charge on any atom is -0.306 e. The van der Waals surface area contributed by atoms with Gasteiger partial charge in [0, 0.05) is 5.56 Å². The van der Waals surface area contributed by atoms with Gasteiger partial charge in [-0.1, -0.05) is 0 Å². The average Bonchev–Trinajstić information content (AvgIpc) is 2.82. The number of H-pyrrole nitrogens is 1. The fourth-order valence-electron chi connectivity index (χ4n) is 1.34. The smallest absolute Gasteiger partial charge is 0.257 e. The van der Waals surface area contributed by atoms with Crippen molar-refractivity contribution in [1.82, 2.24) is 10.2 Å². The van der Waals surface area contributed by atoms with Crippen molar-refractivity contribution in [3.05, 3.63) is 46.9 Å². The van der Waals surface area contributed by atoms with Gasteiger partial charge in [0.15, 0.2) is 17.5 Å². The maximum Gasteiger partial charge on any atom is 0.257 e. The van der Waals surface area contributed by atoms with Gasteiger partial charge in [0.2, 0.25) is 0 Å². The third-order valence-electron chi connectivity index (χ3n) is 2.24. The number of hydrogen-bond acceptors (Lipinski definition) is 3. The SMILES string of the molecule is N#Cc1cn[nH]c1NC(=O)c1cc(F)c(F)c(F)c1. The van der Waals surface area contributed by atoms with E-state index in [1.54, 1.807) is 6.07 Å². The summed E-state index contributed by atoms with van der Waals surface area (Å²) in [5.41, 5.74) is -0.369. The number of aromatic nitrogens is 2. The van der Waals surface area contributed by atoms with E-state index in [1.165, 1.54) is 6.20 Å². The highest BCUT2D eigenvalue weighted by molar-refractivity contribution is 6.04. The van der Waals surface area contributed by atoms with Crippen molar-refractivity contribution < 1.29 is 18.0 Å². The zero-order chi connectivity index (χ0) is 14.0. The Hall–Kier alpha value is -2.82. The van der Waals surface area contributed by atoms with Crippen LogP contribution in [0.4, 0.5) is 19.0 Å². The Labute approximate surface area is 104 Å². The summed E-state index contributed by atoms with van der Waals surface area (Å²) in [6.07, 6.45) is 1.17. The van der Waals surface area contributed by atoms with E-state index in [2.05, 4.69) is 15.5 Å². The topological polar surface area (TPSA) is 81.6 Å². The quantitative estimate of drug-likeness (QED) is 0.815. The predicted molar refractivity (Wildman–Crippen MR) is 57.6 cm³/mol. The summed E-state index contributed by atoms with van der Waals surface area (Å²) in [6, 6.07) is 2.85. The van der Waals surface area contributed by atoms with Crippen molar-refractivity contribution in [3.8, 4) is 6.07 Å². The average molecular weight is 266 g/mol. The summed E-state index contributed by atoms with van der Waals surface area (Å²) in [5.74, 6) is -5.53. The second-order valence-electron chi connectivity index (χ2n) is 3.48. The normalized spacial score (nSPS) is 10.0. The van der Waals surface area contributed by atoms with E-state index < -0.39 is 28.9 Å². The first-order valence-electron chi connectivity index (χ1n) is 4.92. The van der Waals surface area contributed by atoms with E-state index >= 15 is 0 Å². The zero-order valence-electron chi connectivity index (χ0n) is 9.17. The molecular formula is C11H5F3N4O. The monoisotopic (exact) mass is 266 g/mol. The molecule has 5 nitrogen and oxygen atoms in total. The number of rotatable bonds is 2. The molecule has 1 aromatic heterocycles. The molecule has 0 fully saturated rings. The van der Waals surface area contributed by atoms with Crippen LogP contribution in [0.2, 0.25) is 0 Å². The van der Waals surface area contributed by atoms with Crippen molar-refractivity contribution >= 4 is 11.7 Å². The van der Waals surface area contributed by atoms with Crippen molar-refractivity contribution in [3.63, 3.8) is 0 Å². The van der Waals surface area contributed by atoms with E-state index in [-0.39, 0.29) is 11.4 Å². The maximum absolute atomic E-state index is 13.0. The van der Waals surface area contributed by atoms with Gasteiger partial charge >= 0.3 is 0 Å². The van der Waals surface area contributed by atoms with Crippen molar-refractivity contribution in [2.45, 2.75) is 0 Å². The number of amides is 1. The summed E-state index contributed by atoms with van der Waals surface area (Å²) in [6.45, 7) is 0. The van der Waals surface area contributed by atoms with Crippen LogP contribution < -0.4 is 5.32 Å². The Morgan fingerprint density at radius 2 is 1.95 bits per heavy atom. The van der Waals surface area contributed by atoms with Gasteiger partial charge in [-0.3, -0.25) is 9.89 Å². The highest BCUT2D eigenvalue weighted by atomic mass is 19.2. The lowest BCUT2D eigenvalue weighted by Crippen LogP contribution is -2.14. The fourth-order valence-corrected chi connectivity index (χ4v) is 1.34. The zero-order valence-corrected chi connectivity index (χ0v) is 9.17. The number of benzene rings is 1. The van der Waals surface area contributed by atoms with Crippen LogP contribution in [0, 0.1) is 28.8 Å². The van der Waals surface area contributed by atoms with Crippen LogP contribution in [-0.4, -0.2) is 16.1 Å². The molecule has 0 saturated heterocycles. The molecule has 96 valence electrons. The summed E-state index contributed by atoms with van der Waals surface area (Å²) in [7, 11) is 0. The van der Waals surface area contributed by atoms with Crippen LogP contribution in [0.15, 0.2) is 18.3 Å². The molecule has 2 rings (SSSR count). The maximum atomic E-state index is 13.0. The number of hydrogen-bond donors (Lipinski definition) is 2. The van der Waals surface area contributed by atoms with Crippen molar-refractivity contribution in [2.24, 2.45) is 0 Å². The minimum absolute atomic E-state index is 0.0161. The molecule has 1 aromatic carbocycles. The van der Waals surface area contributed by atoms with E-state index in [0.29, 0.717) is 12.1 Å². The number of anilines is 1. The molecule has 1 amide bonds. The highest BCUT2D eigenvalue weighted by Crippen LogP contribution is 2.16. The minimum atomic E-state index is -1.66. The first-order valence-corrected chi connectivity index (χ1v) is 4.92. The third-order valence-corrected chi connectivity index (χ3v) is 2.24. The van der Waals surface area contributed by atoms with Gasteiger partial charge in [0.05, 0.1) is 6.20 Å². The van der Waals surface area contributed by atoms with Crippen LogP contribution in [0.25, 0.3) is 0 Å². The van der Waals surface area contributed by atoms with Crippen LogP contribution in [0.5, 0.6) is 0 Å². The third kappa shape index (κ3) is 2.40. The van der Waals surface area contributed by atoms with Crippen molar-refractivity contribution in [1.29, 1.82) is 5.26 Å². The second kappa shape index (κ2) is 4.81. The Balaban J connectivity index is 2.29. The number of halogens is 3. The highest BCUT2D eigenvalue weighted by Gasteiger charge is 2.16. The largest absolute Gasteiger partial charge is 0.306 e. The van der Waals surface area contributed by atoms with Gasteiger partial charge in [0.1, 0.15) is 17.5 Å². The van der Waals surface area contributed by atoms with Crippen molar-refractivity contribution in [2.75, 3.05) is 5.32 Å². The molecule has 2 aromatic rings. The fraction of sp³-hybridized carbons (Fsp3) is 0. The Morgan fingerprint density at radius 1 is 1.32 bits per heavy atom. The van der Waals surface area contributed by atoms with E-state index in [0.717, 1.165) is 0 Å². The number of nitriles is 1. The molecule has 0 saturated carbocycles. The number of nitrogens with zero attached hydrogens (tertiary/aromatic N) is 2. The molecule has 0 bridgehead atoms. The molecule has 0 spiro atoms.